The maximum atomic E-state index is 13.1. The molecule has 1 aromatic heterocycles. The van der Waals surface area contributed by atoms with Crippen LogP contribution >= 0.6 is 0 Å². The summed E-state index contributed by atoms with van der Waals surface area (Å²) in [5.74, 6) is 3.01. The molecule has 6 nitrogen and oxygen atoms in total. The number of carbonyl (C=O) groups is 2. The fraction of sp³-hybridized carbons (Fsp3) is 0.654. The number of rotatable bonds is 6. The molecule has 0 atom stereocenters. The molecule has 2 aromatic rings. The van der Waals surface area contributed by atoms with E-state index >= 15 is 0 Å². The second-order valence-corrected chi connectivity index (χ2v) is 11.0. The summed E-state index contributed by atoms with van der Waals surface area (Å²) in [5.41, 5.74) is 1.86. The van der Waals surface area contributed by atoms with Crippen molar-refractivity contribution >= 4 is 28.8 Å². The zero-order chi connectivity index (χ0) is 21.7. The Labute approximate surface area is 189 Å². The average Bonchev–Trinajstić information content (AvgIpc) is 3.39. The number of aromatic nitrogens is 2. The normalized spacial score (nSPS) is 31.3. The SMILES string of the molecule is O=C(CCNC(=O)C12CC3CC(CC(C3)C1)C2)Nc1nc2ccccc2n1C1CCCC1. The van der Waals surface area contributed by atoms with Crippen LogP contribution in [0.1, 0.15) is 76.7 Å². The number of hydrogen-bond acceptors (Lipinski definition) is 3. The van der Waals surface area contributed by atoms with Crippen molar-refractivity contribution < 1.29 is 9.59 Å². The summed E-state index contributed by atoms with van der Waals surface area (Å²) in [6, 6.07) is 8.50. The Morgan fingerprint density at radius 1 is 1.00 bits per heavy atom. The molecular formula is C26H34N4O2. The van der Waals surface area contributed by atoms with E-state index in [1.807, 2.05) is 18.2 Å². The molecule has 6 heteroatoms. The maximum absolute atomic E-state index is 13.1. The lowest BCUT2D eigenvalue weighted by Crippen LogP contribution is -2.53. The van der Waals surface area contributed by atoms with E-state index in [2.05, 4.69) is 21.3 Å². The molecule has 5 saturated carbocycles. The van der Waals surface area contributed by atoms with Gasteiger partial charge in [-0.15, -0.1) is 0 Å². The van der Waals surface area contributed by atoms with Gasteiger partial charge in [0.1, 0.15) is 0 Å². The van der Waals surface area contributed by atoms with Gasteiger partial charge < -0.3 is 9.88 Å². The second-order valence-electron chi connectivity index (χ2n) is 11.0. The van der Waals surface area contributed by atoms with E-state index in [1.165, 1.54) is 32.1 Å². The van der Waals surface area contributed by atoms with Crippen LogP contribution in [0.5, 0.6) is 0 Å². The number of imidazole rings is 1. The topological polar surface area (TPSA) is 76.0 Å². The van der Waals surface area contributed by atoms with Crippen molar-refractivity contribution in [3.05, 3.63) is 24.3 Å². The van der Waals surface area contributed by atoms with Gasteiger partial charge in [-0.1, -0.05) is 25.0 Å². The van der Waals surface area contributed by atoms with Crippen LogP contribution in [0.3, 0.4) is 0 Å². The third-order valence-electron chi connectivity index (χ3n) is 8.69. The van der Waals surface area contributed by atoms with E-state index in [0.29, 0.717) is 18.5 Å². The minimum atomic E-state index is -0.151. The van der Waals surface area contributed by atoms with Crippen molar-refractivity contribution in [2.45, 2.75) is 76.7 Å². The van der Waals surface area contributed by atoms with Crippen molar-refractivity contribution in [3.8, 4) is 0 Å². The molecule has 5 aliphatic rings. The van der Waals surface area contributed by atoms with Crippen LogP contribution in [0.15, 0.2) is 24.3 Å². The Morgan fingerprint density at radius 2 is 1.66 bits per heavy atom. The zero-order valence-electron chi connectivity index (χ0n) is 18.8. The van der Waals surface area contributed by atoms with Gasteiger partial charge in [-0.05, 0) is 81.3 Å². The molecule has 0 saturated heterocycles. The summed E-state index contributed by atoms with van der Waals surface area (Å²) in [6.07, 6.45) is 12.2. The van der Waals surface area contributed by atoms with Crippen LogP contribution < -0.4 is 10.6 Å². The summed E-state index contributed by atoms with van der Waals surface area (Å²) in [6.45, 7) is 0.399. The molecule has 32 heavy (non-hydrogen) atoms. The number of nitrogens with zero attached hydrogens (tertiary/aromatic N) is 2. The standard InChI is InChI=1S/C26H34N4O2/c31-23(9-10-27-24(32)26-14-17-11-18(15-26)13-19(12-17)16-26)29-25-28-21-7-3-4-8-22(21)30(25)20-5-1-2-6-20/h3-4,7-8,17-20H,1-2,5-6,9-16H2,(H,27,32)(H,28,29,31). The predicted molar refractivity (Wildman–Crippen MR) is 124 cm³/mol. The van der Waals surface area contributed by atoms with E-state index in [1.54, 1.807) is 0 Å². The minimum Gasteiger partial charge on any atom is -0.355 e. The fourth-order valence-electron chi connectivity index (χ4n) is 7.72. The predicted octanol–water partition coefficient (Wildman–Crippen LogP) is 4.81. The number of anilines is 1. The van der Waals surface area contributed by atoms with E-state index in [9.17, 15) is 9.59 Å². The van der Waals surface area contributed by atoms with Crippen molar-refractivity contribution in [2.24, 2.45) is 23.2 Å². The number of fused-ring (bicyclic) bond motifs is 1. The summed E-state index contributed by atoms with van der Waals surface area (Å²) in [7, 11) is 0. The Kier molecular flexibility index (Phi) is 4.99. The van der Waals surface area contributed by atoms with Crippen LogP contribution in [0.2, 0.25) is 0 Å². The molecule has 0 unspecified atom stereocenters. The van der Waals surface area contributed by atoms with Gasteiger partial charge in [0.05, 0.1) is 11.0 Å². The number of carbonyl (C=O) groups excluding carboxylic acids is 2. The molecule has 5 aliphatic carbocycles. The molecule has 0 spiro atoms. The lowest BCUT2D eigenvalue weighted by molar-refractivity contribution is -0.146. The number of hydrogen-bond donors (Lipinski definition) is 2. The van der Waals surface area contributed by atoms with E-state index in [0.717, 1.165) is 60.9 Å². The van der Waals surface area contributed by atoms with Gasteiger partial charge in [0.2, 0.25) is 17.8 Å². The van der Waals surface area contributed by atoms with Gasteiger partial charge in [0, 0.05) is 24.4 Å². The minimum absolute atomic E-state index is 0.0784. The summed E-state index contributed by atoms with van der Waals surface area (Å²) in [5, 5.41) is 6.17. The molecule has 0 radical (unpaired) electrons. The van der Waals surface area contributed by atoms with Gasteiger partial charge in [-0.25, -0.2) is 4.98 Å². The molecule has 2 amide bonds. The molecule has 1 heterocycles. The Hall–Kier alpha value is -2.37. The van der Waals surface area contributed by atoms with Crippen LogP contribution in [-0.4, -0.2) is 27.9 Å². The van der Waals surface area contributed by atoms with E-state index in [4.69, 9.17) is 4.98 Å². The van der Waals surface area contributed by atoms with Gasteiger partial charge in [-0.3, -0.25) is 14.9 Å². The molecule has 0 aliphatic heterocycles. The van der Waals surface area contributed by atoms with Crippen LogP contribution in [0, 0.1) is 23.2 Å². The molecule has 5 fully saturated rings. The highest BCUT2D eigenvalue weighted by Crippen LogP contribution is 2.60. The highest BCUT2D eigenvalue weighted by molar-refractivity contribution is 5.92. The summed E-state index contributed by atoms with van der Waals surface area (Å²) in [4.78, 5) is 30.6. The Bertz CT molecular complexity index is 1000. The monoisotopic (exact) mass is 434 g/mol. The van der Waals surface area contributed by atoms with Crippen LogP contribution in [-0.2, 0) is 9.59 Å². The van der Waals surface area contributed by atoms with Crippen molar-refractivity contribution in [3.63, 3.8) is 0 Å². The smallest absolute Gasteiger partial charge is 0.228 e. The maximum Gasteiger partial charge on any atom is 0.228 e. The number of amides is 2. The van der Waals surface area contributed by atoms with Gasteiger partial charge in [0.15, 0.2) is 0 Å². The van der Waals surface area contributed by atoms with Crippen molar-refractivity contribution in [2.75, 3.05) is 11.9 Å². The lowest BCUT2D eigenvalue weighted by atomic mass is 9.49. The van der Waals surface area contributed by atoms with E-state index < -0.39 is 0 Å². The summed E-state index contributed by atoms with van der Waals surface area (Å²) >= 11 is 0. The first-order chi connectivity index (χ1) is 15.6. The fourth-order valence-corrected chi connectivity index (χ4v) is 7.72. The van der Waals surface area contributed by atoms with Crippen LogP contribution in [0.25, 0.3) is 11.0 Å². The zero-order valence-corrected chi connectivity index (χ0v) is 18.8. The number of benzene rings is 1. The first-order valence-electron chi connectivity index (χ1n) is 12.6. The molecule has 2 N–H and O–H groups in total. The quantitative estimate of drug-likeness (QED) is 0.685. The molecule has 7 rings (SSSR count). The lowest BCUT2D eigenvalue weighted by Gasteiger charge is -2.55. The average molecular weight is 435 g/mol. The summed E-state index contributed by atoms with van der Waals surface area (Å²) < 4.78 is 2.22. The second kappa shape index (κ2) is 7.89. The highest BCUT2D eigenvalue weighted by Gasteiger charge is 2.54. The number of nitrogens with one attached hydrogen (secondary N) is 2. The Balaban J connectivity index is 1.09. The van der Waals surface area contributed by atoms with Gasteiger partial charge in [0.25, 0.3) is 0 Å². The molecular weight excluding hydrogens is 400 g/mol. The molecule has 1 aromatic carbocycles. The van der Waals surface area contributed by atoms with Gasteiger partial charge >= 0.3 is 0 Å². The highest BCUT2D eigenvalue weighted by atomic mass is 16.2. The first-order valence-corrected chi connectivity index (χ1v) is 12.6. The largest absolute Gasteiger partial charge is 0.355 e. The molecule has 170 valence electrons. The Morgan fingerprint density at radius 3 is 2.34 bits per heavy atom. The third-order valence-corrected chi connectivity index (χ3v) is 8.69. The van der Waals surface area contributed by atoms with Crippen molar-refractivity contribution in [1.29, 1.82) is 0 Å². The van der Waals surface area contributed by atoms with Crippen molar-refractivity contribution in [1.82, 2.24) is 14.9 Å². The number of para-hydroxylation sites is 2. The van der Waals surface area contributed by atoms with Gasteiger partial charge in [-0.2, -0.15) is 0 Å². The third kappa shape index (κ3) is 3.52. The first kappa shape index (κ1) is 20.3. The molecule has 4 bridgehead atoms. The van der Waals surface area contributed by atoms with Crippen LogP contribution in [0.4, 0.5) is 5.95 Å². The van der Waals surface area contributed by atoms with E-state index in [-0.39, 0.29) is 23.7 Å².